The van der Waals surface area contributed by atoms with Crippen LogP contribution in [0.1, 0.15) is 59.3 Å². The molecule has 0 radical (unpaired) electrons. The number of hydrogen-bond donors (Lipinski definition) is 0. The zero-order chi connectivity index (χ0) is 13.6. The van der Waals surface area contributed by atoms with E-state index in [-0.39, 0.29) is 0 Å². The third kappa shape index (κ3) is 1.83. The van der Waals surface area contributed by atoms with Crippen molar-refractivity contribution in [2.45, 2.75) is 78.7 Å². The van der Waals surface area contributed by atoms with E-state index in [0.717, 1.165) is 0 Å². The minimum atomic E-state index is -1.77. The van der Waals surface area contributed by atoms with Crippen LogP contribution < -0.4 is 0 Å². The van der Waals surface area contributed by atoms with Crippen LogP contribution in [0.25, 0.3) is 0 Å². The van der Waals surface area contributed by atoms with Crippen molar-refractivity contribution in [3.8, 4) is 0 Å². The Balaban J connectivity index is 2.65. The molecule has 0 amide bonds. The van der Waals surface area contributed by atoms with Crippen molar-refractivity contribution < 1.29 is 16.6 Å². The van der Waals surface area contributed by atoms with Gasteiger partial charge in [-0.1, -0.05) is 0 Å². The summed E-state index contributed by atoms with van der Waals surface area (Å²) in [5.41, 5.74) is 7.25. The van der Waals surface area contributed by atoms with Crippen LogP contribution in [0.15, 0.2) is 22.3 Å². The molecular weight excluding hydrogens is 252 g/mol. The molecule has 102 valence electrons. The number of allylic oxidation sites excluding steroid dienone is 4. The summed E-state index contributed by atoms with van der Waals surface area (Å²) in [6, 6.07) is 0. The molecule has 0 spiro atoms. The summed E-state index contributed by atoms with van der Waals surface area (Å²) >= 11 is -1.77. The van der Waals surface area contributed by atoms with Gasteiger partial charge in [-0.3, -0.25) is 0 Å². The number of hydrogen-bond acceptors (Lipinski definition) is 0. The van der Waals surface area contributed by atoms with Crippen LogP contribution in [0.3, 0.4) is 0 Å². The Labute approximate surface area is 117 Å². The summed E-state index contributed by atoms with van der Waals surface area (Å²) in [7, 11) is 0. The molecule has 1 atom stereocenters. The molecule has 0 heterocycles. The van der Waals surface area contributed by atoms with Gasteiger partial charge in [0.15, 0.2) is 0 Å². The van der Waals surface area contributed by atoms with Gasteiger partial charge in [-0.2, -0.15) is 0 Å². The predicted octanol–water partition coefficient (Wildman–Crippen LogP) is 6.46. The molecule has 2 aliphatic rings. The molecule has 0 bridgehead atoms. The van der Waals surface area contributed by atoms with Crippen LogP contribution in [0.2, 0.25) is 19.4 Å². The third-order valence-corrected chi connectivity index (χ3v) is 11.2. The van der Waals surface area contributed by atoms with E-state index in [1.807, 2.05) is 11.1 Å². The van der Waals surface area contributed by atoms with Crippen LogP contribution in [-0.4, -0.2) is 0 Å². The van der Waals surface area contributed by atoms with E-state index in [1.54, 1.807) is 11.1 Å². The van der Waals surface area contributed by atoms with Crippen LogP contribution in [0.5, 0.6) is 0 Å². The Morgan fingerprint density at radius 1 is 1.06 bits per heavy atom. The fourth-order valence-electron chi connectivity index (χ4n) is 4.92. The molecule has 0 nitrogen and oxygen atoms in total. The van der Waals surface area contributed by atoms with Crippen molar-refractivity contribution in [2.24, 2.45) is 0 Å². The van der Waals surface area contributed by atoms with Gasteiger partial charge in [0.1, 0.15) is 0 Å². The van der Waals surface area contributed by atoms with E-state index in [4.69, 9.17) is 0 Å². The molecule has 2 aliphatic carbocycles. The topological polar surface area (TPSA) is 0 Å². The molecule has 0 fully saturated rings. The van der Waals surface area contributed by atoms with Crippen molar-refractivity contribution in [3.63, 3.8) is 0 Å². The first-order valence-electron chi connectivity index (χ1n) is 7.83. The molecule has 0 aromatic heterocycles. The first-order valence-corrected chi connectivity index (χ1v) is 13.3. The van der Waals surface area contributed by atoms with Crippen molar-refractivity contribution in [3.05, 3.63) is 22.3 Å². The molecule has 0 aromatic rings. The van der Waals surface area contributed by atoms with Gasteiger partial charge in [0.05, 0.1) is 0 Å². The molecule has 0 aromatic carbocycles. The predicted molar refractivity (Wildman–Crippen MR) is 79.1 cm³/mol. The van der Waals surface area contributed by atoms with Crippen molar-refractivity contribution in [1.29, 1.82) is 0 Å². The van der Waals surface area contributed by atoms with E-state index in [2.05, 4.69) is 36.5 Å². The molecule has 0 aliphatic heterocycles. The maximum atomic E-state index is 2.63. The molecule has 18 heavy (non-hydrogen) atoms. The standard InChI is InChI=1S/C14H21.3CH3.Ti/c1-4-11-10(3)12(5-2)14-9-7-6-8-13(11)14;;;;/h4-9H2,1-3H3;3*1H3;. The molecule has 2 rings (SSSR count). The summed E-state index contributed by atoms with van der Waals surface area (Å²) in [5.74, 6) is 0. The molecule has 1 heteroatoms. The third-order valence-electron chi connectivity index (χ3n) is 5.60. The van der Waals surface area contributed by atoms with Gasteiger partial charge in [-0.05, 0) is 0 Å². The molecule has 1 unspecified atom stereocenters. The molecule has 0 N–H and O–H groups in total. The van der Waals surface area contributed by atoms with E-state index in [0.29, 0.717) is 3.72 Å². The molecule has 0 saturated heterocycles. The van der Waals surface area contributed by atoms with Gasteiger partial charge in [0.25, 0.3) is 0 Å². The fourth-order valence-corrected chi connectivity index (χ4v) is 10.4. The summed E-state index contributed by atoms with van der Waals surface area (Å²) in [4.78, 5) is 0. The van der Waals surface area contributed by atoms with Gasteiger partial charge in [0, 0.05) is 0 Å². The summed E-state index contributed by atoms with van der Waals surface area (Å²) < 4.78 is 0.543. The molecule has 0 saturated carbocycles. The van der Waals surface area contributed by atoms with Gasteiger partial charge in [0.2, 0.25) is 0 Å². The van der Waals surface area contributed by atoms with Gasteiger partial charge in [-0.25, -0.2) is 0 Å². The van der Waals surface area contributed by atoms with Crippen molar-refractivity contribution >= 4 is 0 Å². The van der Waals surface area contributed by atoms with Crippen LogP contribution in [0, 0.1) is 0 Å². The van der Waals surface area contributed by atoms with Crippen LogP contribution in [0.4, 0.5) is 0 Å². The van der Waals surface area contributed by atoms with E-state index >= 15 is 0 Å². The number of rotatable bonds is 3. The van der Waals surface area contributed by atoms with Crippen LogP contribution in [-0.2, 0) is 16.6 Å². The SMILES string of the molecule is CCC1=C(C)[C](CC)([Ti]([CH3])([CH3])[CH3])C2=C1CCCC2. The minimum absolute atomic E-state index is 0.543. The summed E-state index contributed by atoms with van der Waals surface area (Å²) in [6.45, 7) is 7.27. The van der Waals surface area contributed by atoms with Crippen LogP contribution >= 0.6 is 0 Å². The monoisotopic (exact) mass is 282 g/mol. The zero-order valence-corrected chi connectivity index (χ0v) is 14.8. The average molecular weight is 282 g/mol. The van der Waals surface area contributed by atoms with E-state index < -0.39 is 16.6 Å². The maximum absolute atomic E-state index is 2.63. The van der Waals surface area contributed by atoms with E-state index in [9.17, 15) is 0 Å². The second kappa shape index (κ2) is 4.95. The first kappa shape index (κ1) is 14.6. The Hall–Kier alpha value is 0.194. The first-order chi connectivity index (χ1) is 8.40. The Morgan fingerprint density at radius 2 is 1.67 bits per heavy atom. The average Bonchev–Trinajstić information content (AvgIpc) is 2.57. The van der Waals surface area contributed by atoms with Gasteiger partial charge in [-0.15, -0.1) is 0 Å². The van der Waals surface area contributed by atoms with Gasteiger partial charge < -0.3 is 0 Å². The second-order valence-corrected chi connectivity index (χ2v) is 15.5. The second-order valence-electron chi connectivity index (χ2n) is 7.13. The Kier molecular flexibility index (Phi) is 4.01. The zero-order valence-electron chi connectivity index (χ0n) is 13.2. The Bertz CT molecular complexity index is 406. The van der Waals surface area contributed by atoms with E-state index in [1.165, 1.54) is 38.5 Å². The summed E-state index contributed by atoms with van der Waals surface area (Å²) in [6.07, 6.45) is 8.23. The fraction of sp³-hybridized carbons (Fsp3) is 0.765. The summed E-state index contributed by atoms with van der Waals surface area (Å²) in [5, 5.41) is 7.89. The van der Waals surface area contributed by atoms with Crippen molar-refractivity contribution in [1.82, 2.24) is 0 Å². The van der Waals surface area contributed by atoms with Gasteiger partial charge >= 0.3 is 118 Å². The van der Waals surface area contributed by atoms with Crippen molar-refractivity contribution in [2.75, 3.05) is 0 Å². The quantitative estimate of drug-likeness (QED) is 0.521. The molecular formula is C17H30Ti. The normalized spacial score (nSPS) is 29.0. The Morgan fingerprint density at radius 3 is 2.17 bits per heavy atom.